The van der Waals surface area contributed by atoms with Crippen molar-refractivity contribution >= 4 is 0 Å². The predicted octanol–water partition coefficient (Wildman–Crippen LogP) is 2.87. The SMILES string of the molecule is Cc1ccc(O)c(CNCC(C)C(C)(C)C)n1. The molecule has 1 atom stereocenters. The lowest BCUT2D eigenvalue weighted by atomic mass is 9.82. The second-order valence-electron chi connectivity index (χ2n) is 5.82. The van der Waals surface area contributed by atoms with E-state index in [0.717, 1.165) is 17.9 Å². The maximum Gasteiger partial charge on any atom is 0.138 e. The van der Waals surface area contributed by atoms with Crippen molar-refractivity contribution in [2.45, 2.75) is 41.2 Å². The Kier molecular flexibility index (Phi) is 4.52. The third kappa shape index (κ3) is 4.35. The molecule has 0 radical (unpaired) electrons. The maximum atomic E-state index is 9.66. The highest BCUT2D eigenvalue weighted by Crippen LogP contribution is 2.24. The molecule has 17 heavy (non-hydrogen) atoms. The highest BCUT2D eigenvalue weighted by atomic mass is 16.3. The van der Waals surface area contributed by atoms with E-state index in [0.29, 0.717) is 17.9 Å². The molecule has 3 nitrogen and oxygen atoms in total. The van der Waals surface area contributed by atoms with Crippen LogP contribution in [0, 0.1) is 18.3 Å². The molecule has 0 saturated heterocycles. The molecule has 1 unspecified atom stereocenters. The molecule has 0 aliphatic carbocycles. The van der Waals surface area contributed by atoms with E-state index in [1.165, 1.54) is 0 Å². The van der Waals surface area contributed by atoms with E-state index in [1.807, 2.05) is 13.0 Å². The number of nitrogens with zero attached hydrogens (tertiary/aromatic N) is 1. The molecular formula is C14H24N2O. The van der Waals surface area contributed by atoms with Crippen molar-refractivity contribution < 1.29 is 5.11 Å². The Hall–Kier alpha value is -1.09. The molecule has 0 bridgehead atoms. The molecule has 0 saturated carbocycles. The van der Waals surface area contributed by atoms with Crippen molar-refractivity contribution in [2.24, 2.45) is 11.3 Å². The number of aryl methyl sites for hydroxylation is 1. The van der Waals surface area contributed by atoms with Gasteiger partial charge in [-0.3, -0.25) is 4.98 Å². The molecule has 0 amide bonds. The highest BCUT2D eigenvalue weighted by Gasteiger charge is 2.19. The minimum absolute atomic E-state index is 0.270. The number of nitrogens with one attached hydrogen (secondary N) is 1. The van der Waals surface area contributed by atoms with Crippen LogP contribution < -0.4 is 5.32 Å². The van der Waals surface area contributed by atoms with Crippen LogP contribution in [0.5, 0.6) is 5.75 Å². The molecule has 96 valence electrons. The largest absolute Gasteiger partial charge is 0.506 e. The summed E-state index contributed by atoms with van der Waals surface area (Å²) >= 11 is 0. The third-order valence-electron chi connectivity index (χ3n) is 3.31. The first-order valence-electron chi connectivity index (χ1n) is 6.17. The normalized spacial score (nSPS) is 13.7. The van der Waals surface area contributed by atoms with E-state index in [-0.39, 0.29) is 5.75 Å². The van der Waals surface area contributed by atoms with Gasteiger partial charge in [0.15, 0.2) is 0 Å². The van der Waals surface area contributed by atoms with Crippen LogP contribution >= 0.6 is 0 Å². The van der Waals surface area contributed by atoms with Crippen molar-refractivity contribution in [2.75, 3.05) is 6.54 Å². The molecule has 0 aliphatic rings. The minimum atomic E-state index is 0.270. The van der Waals surface area contributed by atoms with Crippen LogP contribution in [0.3, 0.4) is 0 Å². The molecule has 1 aromatic rings. The summed E-state index contributed by atoms with van der Waals surface area (Å²) < 4.78 is 0. The number of aromatic hydroxyl groups is 1. The van der Waals surface area contributed by atoms with Crippen molar-refractivity contribution in [1.82, 2.24) is 10.3 Å². The lowest BCUT2D eigenvalue weighted by molar-refractivity contribution is 0.252. The van der Waals surface area contributed by atoms with Crippen molar-refractivity contribution in [3.63, 3.8) is 0 Å². The van der Waals surface area contributed by atoms with E-state index < -0.39 is 0 Å². The summed E-state index contributed by atoms with van der Waals surface area (Å²) in [5.41, 5.74) is 1.96. The van der Waals surface area contributed by atoms with Gasteiger partial charge < -0.3 is 10.4 Å². The summed E-state index contributed by atoms with van der Waals surface area (Å²) in [4.78, 5) is 4.32. The zero-order chi connectivity index (χ0) is 13.1. The maximum absolute atomic E-state index is 9.66. The van der Waals surface area contributed by atoms with Crippen LogP contribution in [0.2, 0.25) is 0 Å². The van der Waals surface area contributed by atoms with Crippen LogP contribution in [-0.4, -0.2) is 16.6 Å². The first kappa shape index (κ1) is 14.0. The van der Waals surface area contributed by atoms with Gasteiger partial charge in [0.2, 0.25) is 0 Å². The van der Waals surface area contributed by atoms with Crippen LogP contribution in [0.25, 0.3) is 0 Å². The van der Waals surface area contributed by atoms with Gasteiger partial charge in [-0.1, -0.05) is 27.7 Å². The van der Waals surface area contributed by atoms with E-state index in [4.69, 9.17) is 0 Å². The Balaban J connectivity index is 2.49. The number of rotatable bonds is 4. The molecule has 3 heteroatoms. The van der Waals surface area contributed by atoms with Crippen molar-refractivity contribution in [3.8, 4) is 5.75 Å². The van der Waals surface area contributed by atoms with Crippen LogP contribution in [0.15, 0.2) is 12.1 Å². The summed E-state index contributed by atoms with van der Waals surface area (Å²) in [5, 5.41) is 13.0. The Morgan fingerprint density at radius 2 is 2.00 bits per heavy atom. The van der Waals surface area contributed by atoms with Gasteiger partial charge in [-0.15, -0.1) is 0 Å². The van der Waals surface area contributed by atoms with Gasteiger partial charge in [-0.25, -0.2) is 0 Å². The minimum Gasteiger partial charge on any atom is -0.506 e. The number of hydrogen-bond donors (Lipinski definition) is 2. The summed E-state index contributed by atoms with van der Waals surface area (Å²) in [7, 11) is 0. The molecule has 0 aromatic carbocycles. The van der Waals surface area contributed by atoms with Crippen LogP contribution in [0.1, 0.15) is 39.1 Å². The van der Waals surface area contributed by atoms with E-state index in [1.54, 1.807) is 6.07 Å². The van der Waals surface area contributed by atoms with Gasteiger partial charge in [-0.2, -0.15) is 0 Å². The molecule has 0 aliphatic heterocycles. The second-order valence-corrected chi connectivity index (χ2v) is 5.82. The predicted molar refractivity (Wildman–Crippen MR) is 71.0 cm³/mol. The zero-order valence-electron chi connectivity index (χ0n) is 11.5. The molecule has 1 aromatic heterocycles. The topological polar surface area (TPSA) is 45.1 Å². The average Bonchev–Trinajstić information content (AvgIpc) is 2.21. The Labute approximate surface area is 104 Å². The molecule has 1 heterocycles. The lowest BCUT2D eigenvalue weighted by Gasteiger charge is -2.27. The Morgan fingerprint density at radius 3 is 2.59 bits per heavy atom. The van der Waals surface area contributed by atoms with Gasteiger partial charge in [0.1, 0.15) is 5.75 Å². The summed E-state index contributed by atoms with van der Waals surface area (Å²) in [6, 6.07) is 3.52. The monoisotopic (exact) mass is 236 g/mol. The molecule has 2 N–H and O–H groups in total. The fourth-order valence-corrected chi connectivity index (χ4v) is 1.45. The fraction of sp³-hybridized carbons (Fsp3) is 0.643. The lowest BCUT2D eigenvalue weighted by Crippen LogP contribution is -2.29. The Morgan fingerprint density at radius 1 is 1.35 bits per heavy atom. The zero-order valence-corrected chi connectivity index (χ0v) is 11.5. The van der Waals surface area contributed by atoms with Crippen molar-refractivity contribution in [3.05, 3.63) is 23.5 Å². The van der Waals surface area contributed by atoms with Crippen LogP contribution in [0.4, 0.5) is 0 Å². The molecule has 0 spiro atoms. The number of pyridine rings is 1. The summed E-state index contributed by atoms with van der Waals surface area (Å²) in [5.74, 6) is 0.848. The number of hydrogen-bond acceptors (Lipinski definition) is 3. The first-order valence-corrected chi connectivity index (χ1v) is 6.17. The number of aromatic nitrogens is 1. The first-order chi connectivity index (χ1) is 7.80. The third-order valence-corrected chi connectivity index (χ3v) is 3.31. The fourth-order valence-electron chi connectivity index (χ4n) is 1.45. The smallest absolute Gasteiger partial charge is 0.138 e. The molecular weight excluding hydrogens is 212 g/mol. The average molecular weight is 236 g/mol. The summed E-state index contributed by atoms with van der Waals surface area (Å²) in [6.45, 7) is 12.4. The van der Waals surface area contributed by atoms with Gasteiger partial charge >= 0.3 is 0 Å². The van der Waals surface area contributed by atoms with E-state index in [9.17, 15) is 5.11 Å². The van der Waals surface area contributed by atoms with Gasteiger partial charge in [0.05, 0.1) is 5.69 Å². The van der Waals surface area contributed by atoms with Gasteiger partial charge in [-0.05, 0) is 36.9 Å². The Bertz CT molecular complexity index is 369. The molecule has 1 rings (SSSR count). The van der Waals surface area contributed by atoms with E-state index in [2.05, 4.69) is 38.0 Å². The summed E-state index contributed by atoms with van der Waals surface area (Å²) in [6.07, 6.45) is 0. The standard InChI is InChI=1S/C14H24N2O/c1-10(14(3,4)5)8-15-9-12-13(17)7-6-11(2)16-12/h6-7,10,15,17H,8-9H2,1-5H3. The van der Waals surface area contributed by atoms with Gasteiger partial charge in [0, 0.05) is 12.2 Å². The van der Waals surface area contributed by atoms with Crippen LogP contribution in [-0.2, 0) is 6.54 Å². The highest BCUT2D eigenvalue weighted by molar-refractivity contribution is 5.27. The molecule has 0 fully saturated rings. The van der Waals surface area contributed by atoms with Gasteiger partial charge in [0.25, 0.3) is 0 Å². The van der Waals surface area contributed by atoms with Crippen molar-refractivity contribution in [1.29, 1.82) is 0 Å². The van der Waals surface area contributed by atoms with E-state index >= 15 is 0 Å². The quantitative estimate of drug-likeness (QED) is 0.845. The second kappa shape index (κ2) is 5.50.